The highest BCUT2D eigenvalue weighted by Gasteiger charge is 2.47. The van der Waals surface area contributed by atoms with Crippen LogP contribution in [0.4, 0.5) is 0 Å². The summed E-state index contributed by atoms with van der Waals surface area (Å²) in [7, 11) is 0. The normalized spacial score (nSPS) is 11.5. The maximum absolute atomic E-state index is 13.0. The van der Waals surface area contributed by atoms with Gasteiger partial charge in [-0.15, -0.1) is 0 Å². The van der Waals surface area contributed by atoms with Gasteiger partial charge in [-0.05, 0) is 26.7 Å². The van der Waals surface area contributed by atoms with E-state index in [1.165, 1.54) is 83.5 Å². The molecule has 0 aromatic heterocycles. The summed E-state index contributed by atoms with van der Waals surface area (Å²) < 4.78 is 10.8. The Morgan fingerprint density at radius 3 is 1.00 bits per heavy atom. The third-order valence-corrected chi connectivity index (χ3v) is 6.75. The molecule has 0 spiro atoms. The van der Waals surface area contributed by atoms with E-state index in [1.54, 1.807) is 0 Å². The molecule has 33 heavy (non-hydrogen) atoms. The highest BCUT2D eigenvalue weighted by molar-refractivity contribution is 6.00. The summed E-state index contributed by atoms with van der Waals surface area (Å²) in [6, 6.07) is 0. The van der Waals surface area contributed by atoms with E-state index < -0.39 is 5.41 Å². The lowest BCUT2D eigenvalue weighted by Gasteiger charge is -2.29. The van der Waals surface area contributed by atoms with Crippen LogP contribution >= 0.6 is 0 Å². The van der Waals surface area contributed by atoms with Crippen molar-refractivity contribution in [1.82, 2.24) is 0 Å². The minimum absolute atomic E-state index is 0.301. The molecule has 0 atom stereocenters. The fourth-order valence-corrected chi connectivity index (χ4v) is 4.63. The predicted octanol–water partition coefficient (Wildman–Crippen LogP) is 8.94. The van der Waals surface area contributed by atoms with Gasteiger partial charge in [-0.3, -0.25) is 9.59 Å². The number of rotatable bonds is 24. The van der Waals surface area contributed by atoms with E-state index in [1.807, 2.05) is 13.8 Å². The summed E-state index contributed by atoms with van der Waals surface area (Å²) in [5, 5.41) is 0. The molecule has 0 amide bonds. The van der Waals surface area contributed by atoms with Crippen molar-refractivity contribution >= 4 is 11.9 Å². The number of carbonyl (C=O) groups excluding carboxylic acids is 2. The Balaban J connectivity index is 4.51. The molecule has 0 unspecified atom stereocenters. The van der Waals surface area contributed by atoms with Gasteiger partial charge in [0.15, 0.2) is 5.41 Å². The average molecular weight is 469 g/mol. The summed E-state index contributed by atoms with van der Waals surface area (Å²) in [5.74, 6) is -0.750. The molecule has 0 radical (unpaired) electrons. The molecule has 0 aliphatic carbocycles. The van der Waals surface area contributed by atoms with E-state index in [2.05, 4.69) is 13.8 Å². The molecular formula is C29H56O4. The number of esters is 2. The van der Waals surface area contributed by atoms with E-state index in [4.69, 9.17) is 9.47 Å². The molecule has 0 aliphatic rings. The smallest absolute Gasteiger partial charge is 0.323 e. The van der Waals surface area contributed by atoms with Crippen LogP contribution in [0, 0.1) is 5.41 Å². The standard InChI is InChI=1S/C29H56O4/c1-5-9-11-13-15-16-17-18-19-20-22-24-26-29(27(30)32-7-3,28(31)33-8-4)25-23-21-14-12-10-6-2/h5-26H2,1-4H3. The molecule has 0 heterocycles. The molecule has 4 heteroatoms. The Labute approximate surface area is 206 Å². The van der Waals surface area contributed by atoms with Gasteiger partial charge < -0.3 is 9.47 Å². The van der Waals surface area contributed by atoms with Gasteiger partial charge in [0.2, 0.25) is 0 Å². The first-order chi connectivity index (χ1) is 16.1. The molecule has 0 bridgehead atoms. The van der Waals surface area contributed by atoms with Crippen molar-refractivity contribution in [2.75, 3.05) is 13.2 Å². The summed E-state index contributed by atoms with van der Waals surface area (Å²) >= 11 is 0. The van der Waals surface area contributed by atoms with E-state index in [0.717, 1.165) is 32.1 Å². The zero-order valence-corrected chi connectivity index (χ0v) is 22.7. The minimum atomic E-state index is -1.12. The molecule has 0 saturated heterocycles. The second-order valence-electron chi connectivity index (χ2n) is 9.68. The van der Waals surface area contributed by atoms with Gasteiger partial charge in [0, 0.05) is 0 Å². The van der Waals surface area contributed by atoms with Crippen LogP contribution in [-0.2, 0) is 19.1 Å². The maximum atomic E-state index is 13.0. The van der Waals surface area contributed by atoms with E-state index >= 15 is 0 Å². The lowest BCUT2D eigenvalue weighted by atomic mass is 9.77. The van der Waals surface area contributed by atoms with Gasteiger partial charge in [-0.1, -0.05) is 129 Å². The van der Waals surface area contributed by atoms with Gasteiger partial charge in [0.1, 0.15) is 0 Å². The van der Waals surface area contributed by atoms with Crippen molar-refractivity contribution in [2.45, 2.75) is 156 Å². The Kier molecular flexibility index (Phi) is 22.0. The molecule has 0 aliphatic heterocycles. The third-order valence-electron chi connectivity index (χ3n) is 6.75. The van der Waals surface area contributed by atoms with Crippen molar-refractivity contribution < 1.29 is 19.1 Å². The van der Waals surface area contributed by atoms with Crippen LogP contribution in [0.5, 0.6) is 0 Å². The Bertz CT molecular complexity index is 443. The average Bonchev–Trinajstić information content (AvgIpc) is 2.81. The Morgan fingerprint density at radius 2 is 0.727 bits per heavy atom. The molecule has 0 aromatic rings. The SMILES string of the molecule is CCCCCCCCCCCCCCC(CCCCCCCC)(C(=O)OCC)C(=O)OCC. The number of ether oxygens (including phenoxy) is 2. The van der Waals surface area contributed by atoms with Crippen LogP contribution in [0.1, 0.15) is 156 Å². The molecular weight excluding hydrogens is 412 g/mol. The second kappa shape index (κ2) is 22.7. The summed E-state index contributed by atoms with van der Waals surface area (Å²) in [6.07, 6.45) is 23.1. The van der Waals surface area contributed by atoms with Crippen LogP contribution in [0.25, 0.3) is 0 Å². The molecule has 0 saturated carbocycles. The van der Waals surface area contributed by atoms with Crippen LogP contribution in [0.15, 0.2) is 0 Å². The van der Waals surface area contributed by atoms with Crippen molar-refractivity contribution in [1.29, 1.82) is 0 Å². The van der Waals surface area contributed by atoms with Crippen molar-refractivity contribution in [3.05, 3.63) is 0 Å². The molecule has 0 rings (SSSR count). The first kappa shape index (κ1) is 31.9. The number of unbranched alkanes of at least 4 members (excludes halogenated alkanes) is 16. The quantitative estimate of drug-likeness (QED) is 0.0805. The summed E-state index contributed by atoms with van der Waals surface area (Å²) in [6.45, 7) is 8.69. The van der Waals surface area contributed by atoms with Crippen molar-refractivity contribution in [3.63, 3.8) is 0 Å². The summed E-state index contributed by atoms with van der Waals surface area (Å²) in [5.41, 5.74) is -1.12. The molecule has 196 valence electrons. The molecule has 0 aromatic carbocycles. The van der Waals surface area contributed by atoms with Gasteiger partial charge in [0.25, 0.3) is 0 Å². The molecule has 0 fully saturated rings. The van der Waals surface area contributed by atoms with Gasteiger partial charge >= 0.3 is 11.9 Å². The Morgan fingerprint density at radius 1 is 0.455 bits per heavy atom. The largest absolute Gasteiger partial charge is 0.465 e. The lowest BCUT2D eigenvalue weighted by Crippen LogP contribution is -2.42. The molecule has 0 N–H and O–H groups in total. The van der Waals surface area contributed by atoms with E-state index in [-0.39, 0.29) is 11.9 Å². The fourth-order valence-electron chi connectivity index (χ4n) is 4.63. The first-order valence-corrected chi connectivity index (χ1v) is 14.4. The van der Waals surface area contributed by atoms with Gasteiger partial charge in [0.05, 0.1) is 13.2 Å². The van der Waals surface area contributed by atoms with Gasteiger partial charge in [-0.2, -0.15) is 0 Å². The Hall–Kier alpha value is -1.06. The van der Waals surface area contributed by atoms with E-state index in [0.29, 0.717) is 26.1 Å². The van der Waals surface area contributed by atoms with Crippen molar-refractivity contribution in [3.8, 4) is 0 Å². The monoisotopic (exact) mass is 468 g/mol. The fraction of sp³-hybridized carbons (Fsp3) is 0.931. The number of hydrogen-bond donors (Lipinski definition) is 0. The predicted molar refractivity (Wildman–Crippen MR) is 139 cm³/mol. The van der Waals surface area contributed by atoms with Crippen molar-refractivity contribution in [2.24, 2.45) is 5.41 Å². The molecule has 4 nitrogen and oxygen atoms in total. The zero-order chi connectivity index (χ0) is 24.6. The minimum Gasteiger partial charge on any atom is -0.465 e. The van der Waals surface area contributed by atoms with E-state index in [9.17, 15) is 9.59 Å². The van der Waals surface area contributed by atoms with Crippen LogP contribution < -0.4 is 0 Å². The van der Waals surface area contributed by atoms with Crippen LogP contribution in [-0.4, -0.2) is 25.2 Å². The topological polar surface area (TPSA) is 52.6 Å². The zero-order valence-electron chi connectivity index (χ0n) is 22.7. The number of carbonyl (C=O) groups is 2. The second-order valence-corrected chi connectivity index (χ2v) is 9.68. The number of hydrogen-bond acceptors (Lipinski definition) is 4. The third kappa shape index (κ3) is 15.5. The van der Waals surface area contributed by atoms with Gasteiger partial charge in [-0.25, -0.2) is 0 Å². The summed E-state index contributed by atoms with van der Waals surface area (Å²) in [4.78, 5) is 25.9. The van der Waals surface area contributed by atoms with Crippen LogP contribution in [0.2, 0.25) is 0 Å². The highest BCUT2D eigenvalue weighted by Crippen LogP contribution is 2.35. The first-order valence-electron chi connectivity index (χ1n) is 14.4. The maximum Gasteiger partial charge on any atom is 0.323 e. The lowest BCUT2D eigenvalue weighted by molar-refractivity contribution is -0.173. The van der Waals surface area contributed by atoms with Crippen LogP contribution in [0.3, 0.4) is 0 Å². The highest BCUT2D eigenvalue weighted by atomic mass is 16.6.